The second-order valence-electron chi connectivity index (χ2n) is 4.32. The van der Waals surface area contributed by atoms with E-state index in [1.165, 1.54) is 0 Å². The first kappa shape index (κ1) is 26.9. The summed E-state index contributed by atoms with van der Waals surface area (Å²) in [5, 5.41) is 0. The molecule has 0 atom stereocenters. The fourth-order valence-corrected chi connectivity index (χ4v) is 1.94. The predicted molar refractivity (Wildman–Crippen MR) is 110 cm³/mol. The van der Waals surface area contributed by atoms with Crippen LogP contribution in [0, 0.1) is 0 Å². The van der Waals surface area contributed by atoms with Gasteiger partial charge in [-0.05, 0) is 24.3 Å². The number of hydrogen-bond acceptors (Lipinski definition) is 4. The zero-order chi connectivity index (χ0) is 16.5. The van der Waals surface area contributed by atoms with Crippen LogP contribution in [0.15, 0.2) is 60.7 Å². The van der Waals surface area contributed by atoms with Crippen molar-refractivity contribution in [2.24, 2.45) is 0 Å². The molecular formula is C16H16N2Na2S4. The minimum atomic E-state index is 0. The molecule has 2 aromatic carbocycles. The summed E-state index contributed by atoms with van der Waals surface area (Å²) in [5.74, 6) is 0. The SMILES string of the molecule is CN(C(=S)[S-])c1ccccc1.CN(C(=S)[S-])c1ccccc1.[Na+].[Na+]. The molecule has 0 aliphatic rings. The van der Waals surface area contributed by atoms with Gasteiger partial charge in [-0.1, -0.05) is 45.0 Å². The molecule has 2 rings (SSSR count). The second-order valence-corrected chi connectivity index (χ2v) is 6.38. The Bertz CT molecular complexity index is 556. The van der Waals surface area contributed by atoms with E-state index in [0.29, 0.717) is 8.64 Å². The number of rotatable bonds is 2. The van der Waals surface area contributed by atoms with Crippen LogP contribution < -0.4 is 68.9 Å². The molecule has 0 amide bonds. The van der Waals surface area contributed by atoms with Gasteiger partial charge in [-0.3, -0.25) is 0 Å². The second kappa shape index (κ2) is 14.8. The fourth-order valence-electron chi connectivity index (χ4n) is 1.51. The van der Waals surface area contributed by atoms with E-state index in [4.69, 9.17) is 49.7 Å². The minimum absolute atomic E-state index is 0. The molecule has 0 fully saturated rings. The summed E-state index contributed by atoms with van der Waals surface area (Å²) in [6, 6.07) is 19.6. The van der Waals surface area contributed by atoms with Gasteiger partial charge in [0.1, 0.15) is 0 Å². The molecule has 2 aromatic rings. The molecule has 0 radical (unpaired) electrons. The summed E-state index contributed by atoms with van der Waals surface area (Å²) < 4.78 is 0.937. The number of hydrogen-bond donors (Lipinski definition) is 0. The molecule has 0 N–H and O–H groups in total. The molecule has 0 bridgehead atoms. The van der Waals surface area contributed by atoms with Crippen LogP contribution in [-0.4, -0.2) is 22.7 Å². The van der Waals surface area contributed by atoms with E-state index in [1.807, 2.05) is 74.8 Å². The number of benzene rings is 2. The molecule has 0 aromatic heterocycles. The van der Waals surface area contributed by atoms with E-state index in [2.05, 4.69) is 0 Å². The smallest absolute Gasteiger partial charge is 0.411 e. The first-order valence-corrected chi connectivity index (χ1v) is 8.06. The van der Waals surface area contributed by atoms with Crippen LogP contribution in [0.4, 0.5) is 11.4 Å². The zero-order valence-electron chi connectivity index (χ0n) is 14.3. The third kappa shape index (κ3) is 9.97. The van der Waals surface area contributed by atoms with Crippen LogP contribution in [0.1, 0.15) is 0 Å². The molecule has 0 aliphatic heterocycles. The summed E-state index contributed by atoms with van der Waals surface area (Å²) in [6.07, 6.45) is 0. The van der Waals surface area contributed by atoms with Crippen molar-refractivity contribution in [2.75, 3.05) is 23.9 Å². The zero-order valence-corrected chi connectivity index (χ0v) is 21.6. The predicted octanol–water partition coefficient (Wildman–Crippen LogP) is -2.08. The maximum Gasteiger partial charge on any atom is 1.00 e. The Morgan fingerprint density at radius 2 is 0.917 bits per heavy atom. The summed E-state index contributed by atoms with van der Waals surface area (Å²) >= 11 is 19.4. The van der Waals surface area contributed by atoms with Gasteiger partial charge in [0.15, 0.2) is 0 Å². The normalized spacial score (nSPS) is 8.42. The van der Waals surface area contributed by atoms with Crippen LogP contribution in [0.3, 0.4) is 0 Å². The molecule has 0 unspecified atom stereocenters. The van der Waals surface area contributed by atoms with Crippen molar-refractivity contribution in [2.45, 2.75) is 0 Å². The molecule has 116 valence electrons. The first-order valence-electron chi connectivity index (χ1n) is 6.43. The first-order chi connectivity index (χ1) is 10.4. The van der Waals surface area contributed by atoms with Gasteiger partial charge in [-0.15, -0.1) is 0 Å². The van der Waals surface area contributed by atoms with Crippen molar-refractivity contribution in [3.63, 3.8) is 0 Å². The van der Waals surface area contributed by atoms with E-state index in [9.17, 15) is 0 Å². The van der Waals surface area contributed by atoms with Gasteiger partial charge in [0.25, 0.3) is 0 Å². The number of anilines is 2. The van der Waals surface area contributed by atoms with Crippen LogP contribution in [0.5, 0.6) is 0 Å². The summed E-state index contributed by atoms with van der Waals surface area (Å²) in [6.45, 7) is 0. The average molecular weight is 411 g/mol. The Labute approximate surface area is 210 Å². The summed E-state index contributed by atoms with van der Waals surface area (Å²) in [7, 11) is 3.73. The molecular weight excluding hydrogens is 394 g/mol. The van der Waals surface area contributed by atoms with Crippen LogP contribution in [0.25, 0.3) is 0 Å². The number of nitrogens with zero attached hydrogens (tertiary/aromatic N) is 2. The monoisotopic (exact) mass is 410 g/mol. The maximum absolute atomic E-state index is 4.84. The molecule has 0 spiro atoms. The summed E-state index contributed by atoms with van der Waals surface area (Å²) in [4.78, 5) is 3.59. The standard InChI is InChI=1S/2C8H9NS2.2Na/c2*1-9(8(10)11)7-5-3-2-4-6-7;;/h2*2-6H,1H3,(H,10,11);;/q;;2*+1/p-2. The quantitative estimate of drug-likeness (QED) is 0.316. The molecule has 0 saturated heterocycles. The summed E-state index contributed by atoms with van der Waals surface area (Å²) in [5.41, 5.74) is 2.07. The van der Waals surface area contributed by atoms with E-state index in [-0.39, 0.29) is 59.1 Å². The molecule has 0 aliphatic carbocycles. The van der Waals surface area contributed by atoms with Crippen molar-refractivity contribution < 1.29 is 59.1 Å². The van der Waals surface area contributed by atoms with Crippen LogP contribution >= 0.6 is 24.4 Å². The average Bonchev–Trinajstić information content (AvgIpc) is 2.55. The van der Waals surface area contributed by atoms with Gasteiger partial charge in [-0.2, -0.15) is 0 Å². The molecule has 2 nitrogen and oxygen atoms in total. The molecule has 0 saturated carbocycles. The Morgan fingerprint density at radius 1 is 0.667 bits per heavy atom. The topological polar surface area (TPSA) is 6.48 Å². The van der Waals surface area contributed by atoms with E-state index in [1.54, 1.807) is 9.80 Å². The Morgan fingerprint density at radius 3 is 1.12 bits per heavy atom. The Balaban J connectivity index is 0. The van der Waals surface area contributed by atoms with Crippen LogP contribution in [0.2, 0.25) is 0 Å². The van der Waals surface area contributed by atoms with Crippen molar-refractivity contribution in [1.82, 2.24) is 0 Å². The third-order valence-corrected chi connectivity index (χ3v) is 3.93. The number of para-hydroxylation sites is 2. The van der Waals surface area contributed by atoms with E-state index >= 15 is 0 Å². The minimum Gasteiger partial charge on any atom is -0.411 e. The molecule has 24 heavy (non-hydrogen) atoms. The largest absolute Gasteiger partial charge is 1.00 e. The Kier molecular flexibility index (Phi) is 16.6. The van der Waals surface area contributed by atoms with Gasteiger partial charge in [0, 0.05) is 25.5 Å². The Hall–Kier alpha value is 0.660. The van der Waals surface area contributed by atoms with E-state index in [0.717, 1.165) is 11.4 Å². The van der Waals surface area contributed by atoms with Crippen molar-refractivity contribution in [3.05, 3.63) is 60.7 Å². The fraction of sp³-hybridized carbons (Fsp3) is 0.125. The maximum atomic E-state index is 4.84. The third-order valence-electron chi connectivity index (χ3n) is 2.83. The number of thiocarbonyl (C=S) groups is 2. The van der Waals surface area contributed by atoms with Crippen molar-refractivity contribution in [3.8, 4) is 0 Å². The van der Waals surface area contributed by atoms with Crippen LogP contribution in [-0.2, 0) is 25.3 Å². The van der Waals surface area contributed by atoms with Gasteiger partial charge in [0.2, 0.25) is 0 Å². The van der Waals surface area contributed by atoms with Gasteiger partial charge < -0.3 is 59.5 Å². The van der Waals surface area contributed by atoms with Gasteiger partial charge >= 0.3 is 59.1 Å². The van der Waals surface area contributed by atoms with E-state index < -0.39 is 0 Å². The van der Waals surface area contributed by atoms with Crippen molar-refractivity contribution in [1.29, 1.82) is 0 Å². The van der Waals surface area contributed by atoms with Crippen molar-refractivity contribution >= 4 is 69.7 Å². The van der Waals surface area contributed by atoms with Gasteiger partial charge in [-0.25, -0.2) is 0 Å². The molecule has 0 heterocycles. The molecule has 8 heteroatoms. The van der Waals surface area contributed by atoms with Gasteiger partial charge in [0.05, 0.1) is 0 Å².